The maximum atomic E-state index is 12.9. The van der Waals surface area contributed by atoms with Gasteiger partial charge in [0.25, 0.3) is 0 Å². The van der Waals surface area contributed by atoms with Gasteiger partial charge < -0.3 is 11.1 Å². The molecule has 3 N–H and O–H groups in total. The predicted octanol–water partition coefficient (Wildman–Crippen LogP) is 1.28. The SMILES string of the molecule is NC(=O)CNc1c(F)c(F)c(F)c(F)c1F. The number of hydrogen-bond acceptors (Lipinski definition) is 2. The molecular formula is C8H5F5N2O. The van der Waals surface area contributed by atoms with Crippen molar-refractivity contribution < 1.29 is 26.7 Å². The molecule has 8 heteroatoms. The summed E-state index contributed by atoms with van der Waals surface area (Å²) in [6.45, 7) is -0.752. The van der Waals surface area contributed by atoms with E-state index >= 15 is 0 Å². The van der Waals surface area contributed by atoms with Crippen molar-refractivity contribution in [1.82, 2.24) is 0 Å². The Labute approximate surface area is 86.0 Å². The smallest absolute Gasteiger partial charge is 0.236 e. The third-order valence-corrected chi connectivity index (χ3v) is 1.65. The van der Waals surface area contributed by atoms with Gasteiger partial charge in [-0.15, -0.1) is 0 Å². The minimum atomic E-state index is -2.26. The number of amides is 1. The number of rotatable bonds is 3. The fraction of sp³-hybridized carbons (Fsp3) is 0.125. The molecule has 0 unspecified atom stereocenters. The first-order valence-corrected chi connectivity index (χ1v) is 3.89. The van der Waals surface area contributed by atoms with Crippen LogP contribution in [0.5, 0.6) is 0 Å². The molecule has 1 amide bonds. The Bertz CT molecular complexity index is 420. The van der Waals surface area contributed by atoms with Crippen LogP contribution >= 0.6 is 0 Å². The summed E-state index contributed by atoms with van der Waals surface area (Å²) in [6.07, 6.45) is 0. The lowest BCUT2D eigenvalue weighted by molar-refractivity contribution is -0.116. The average Bonchev–Trinajstić information content (AvgIpc) is 2.23. The Morgan fingerprint density at radius 2 is 1.31 bits per heavy atom. The van der Waals surface area contributed by atoms with Crippen LogP contribution in [-0.4, -0.2) is 12.5 Å². The first-order valence-electron chi connectivity index (χ1n) is 3.89. The Balaban J connectivity index is 3.23. The maximum Gasteiger partial charge on any atom is 0.236 e. The van der Waals surface area contributed by atoms with Gasteiger partial charge in [0.1, 0.15) is 5.69 Å². The zero-order valence-corrected chi connectivity index (χ0v) is 7.58. The lowest BCUT2D eigenvalue weighted by Crippen LogP contribution is -2.23. The number of benzene rings is 1. The van der Waals surface area contributed by atoms with E-state index in [4.69, 9.17) is 0 Å². The van der Waals surface area contributed by atoms with Crippen molar-refractivity contribution in [3.05, 3.63) is 29.1 Å². The third-order valence-electron chi connectivity index (χ3n) is 1.65. The molecule has 0 radical (unpaired) electrons. The summed E-state index contributed by atoms with van der Waals surface area (Å²) in [7, 11) is 0. The van der Waals surface area contributed by atoms with Crippen molar-refractivity contribution in [2.45, 2.75) is 0 Å². The molecule has 0 saturated heterocycles. The van der Waals surface area contributed by atoms with E-state index in [-0.39, 0.29) is 0 Å². The largest absolute Gasteiger partial charge is 0.371 e. The van der Waals surface area contributed by atoms with Crippen LogP contribution in [0.4, 0.5) is 27.6 Å². The number of nitrogens with one attached hydrogen (secondary N) is 1. The summed E-state index contributed by atoms with van der Waals surface area (Å²) < 4.78 is 63.6. The Morgan fingerprint density at radius 1 is 0.938 bits per heavy atom. The summed E-state index contributed by atoms with van der Waals surface area (Å²) >= 11 is 0. The van der Waals surface area contributed by atoms with Crippen molar-refractivity contribution in [3.8, 4) is 0 Å². The van der Waals surface area contributed by atoms with Crippen molar-refractivity contribution in [2.24, 2.45) is 5.73 Å². The van der Waals surface area contributed by atoms with E-state index in [9.17, 15) is 26.7 Å². The van der Waals surface area contributed by atoms with E-state index in [1.54, 1.807) is 5.32 Å². The highest BCUT2D eigenvalue weighted by Gasteiger charge is 2.25. The molecule has 0 atom stereocenters. The first-order chi connectivity index (χ1) is 7.36. The molecule has 1 aromatic rings. The minimum Gasteiger partial charge on any atom is -0.371 e. The Kier molecular flexibility index (Phi) is 3.31. The van der Waals surface area contributed by atoms with E-state index in [1.807, 2.05) is 0 Å². The molecule has 88 valence electrons. The zero-order chi connectivity index (χ0) is 12.5. The monoisotopic (exact) mass is 240 g/mol. The molecule has 0 fully saturated rings. The topological polar surface area (TPSA) is 55.1 Å². The standard InChI is InChI=1S/C8H5F5N2O/c9-3-4(10)6(12)8(7(13)5(3)11)15-1-2(14)16/h15H,1H2,(H2,14,16). The number of primary amides is 1. The van der Waals surface area contributed by atoms with Crippen LogP contribution in [-0.2, 0) is 4.79 Å². The molecule has 0 aliphatic carbocycles. The van der Waals surface area contributed by atoms with Crippen LogP contribution in [0, 0.1) is 29.1 Å². The molecule has 0 spiro atoms. The van der Waals surface area contributed by atoms with Gasteiger partial charge in [-0.05, 0) is 0 Å². The fourth-order valence-electron chi connectivity index (χ4n) is 0.936. The molecule has 0 aliphatic heterocycles. The van der Waals surface area contributed by atoms with Gasteiger partial charge in [-0.2, -0.15) is 0 Å². The molecule has 16 heavy (non-hydrogen) atoms. The quantitative estimate of drug-likeness (QED) is 0.475. The van der Waals surface area contributed by atoms with E-state index in [2.05, 4.69) is 5.73 Å². The summed E-state index contributed by atoms with van der Waals surface area (Å²) in [5, 5.41) is 1.72. The zero-order valence-electron chi connectivity index (χ0n) is 7.58. The van der Waals surface area contributed by atoms with Crippen molar-refractivity contribution in [2.75, 3.05) is 11.9 Å². The lowest BCUT2D eigenvalue weighted by atomic mass is 10.2. The first kappa shape index (κ1) is 12.2. The van der Waals surface area contributed by atoms with Crippen LogP contribution in [0.25, 0.3) is 0 Å². The van der Waals surface area contributed by atoms with Gasteiger partial charge in [-0.3, -0.25) is 4.79 Å². The van der Waals surface area contributed by atoms with Gasteiger partial charge >= 0.3 is 0 Å². The van der Waals surface area contributed by atoms with Gasteiger partial charge in [-0.25, -0.2) is 22.0 Å². The second kappa shape index (κ2) is 4.33. The van der Waals surface area contributed by atoms with Gasteiger partial charge in [0, 0.05) is 0 Å². The molecule has 0 heterocycles. The fourth-order valence-corrected chi connectivity index (χ4v) is 0.936. The van der Waals surface area contributed by atoms with E-state index in [0.717, 1.165) is 0 Å². The van der Waals surface area contributed by atoms with Crippen LogP contribution in [0.3, 0.4) is 0 Å². The lowest BCUT2D eigenvalue weighted by Gasteiger charge is -2.08. The molecule has 3 nitrogen and oxygen atoms in total. The van der Waals surface area contributed by atoms with Gasteiger partial charge in [0.2, 0.25) is 11.7 Å². The number of anilines is 1. The van der Waals surface area contributed by atoms with Crippen LogP contribution in [0.1, 0.15) is 0 Å². The highest BCUT2D eigenvalue weighted by atomic mass is 19.2. The number of hydrogen-bond donors (Lipinski definition) is 2. The van der Waals surface area contributed by atoms with E-state index in [1.165, 1.54) is 0 Å². The molecule has 1 rings (SSSR count). The Hall–Kier alpha value is -1.86. The maximum absolute atomic E-state index is 12.9. The predicted molar refractivity (Wildman–Crippen MR) is 43.9 cm³/mol. The van der Waals surface area contributed by atoms with E-state index in [0.29, 0.717) is 0 Å². The molecule has 0 saturated carbocycles. The molecular weight excluding hydrogens is 235 g/mol. The van der Waals surface area contributed by atoms with Crippen LogP contribution < -0.4 is 11.1 Å². The molecule has 0 aliphatic rings. The normalized spacial score (nSPS) is 10.3. The molecule has 0 bridgehead atoms. The summed E-state index contributed by atoms with van der Waals surface area (Å²) in [6, 6.07) is 0. The Morgan fingerprint density at radius 3 is 1.69 bits per heavy atom. The summed E-state index contributed by atoms with van der Waals surface area (Å²) in [5.41, 5.74) is 3.36. The number of carbonyl (C=O) groups excluding carboxylic acids is 1. The summed E-state index contributed by atoms with van der Waals surface area (Å²) in [5.74, 6) is -11.5. The van der Waals surface area contributed by atoms with Gasteiger partial charge in [-0.1, -0.05) is 0 Å². The highest BCUT2D eigenvalue weighted by Crippen LogP contribution is 2.26. The number of carbonyl (C=O) groups is 1. The van der Waals surface area contributed by atoms with Crippen molar-refractivity contribution >= 4 is 11.6 Å². The van der Waals surface area contributed by atoms with E-state index < -0.39 is 47.2 Å². The van der Waals surface area contributed by atoms with Gasteiger partial charge in [0.15, 0.2) is 23.3 Å². The number of halogens is 5. The second-order valence-electron chi connectivity index (χ2n) is 2.76. The highest BCUT2D eigenvalue weighted by molar-refractivity contribution is 5.78. The van der Waals surface area contributed by atoms with Crippen LogP contribution in [0.15, 0.2) is 0 Å². The molecule has 0 aromatic heterocycles. The van der Waals surface area contributed by atoms with Crippen molar-refractivity contribution in [3.63, 3.8) is 0 Å². The summed E-state index contributed by atoms with van der Waals surface area (Å²) in [4.78, 5) is 10.3. The van der Waals surface area contributed by atoms with Crippen molar-refractivity contribution in [1.29, 1.82) is 0 Å². The minimum absolute atomic E-state index is 0.752. The van der Waals surface area contributed by atoms with Gasteiger partial charge in [0.05, 0.1) is 6.54 Å². The molecule has 1 aromatic carbocycles. The second-order valence-corrected chi connectivity index (χ2v) is 2.76. The number of nitrogens with two attached hydrogens (primary N) is 1. The average molecular weight is 240 g/mol. The van der Waals surface area contributed by atoms with Crippen LogP contribution in [0.2, 0.25) is 0 Å². The third kappa shape index (κ3) is 2.05.